The first-order valence-electron chi connectivity index (χ1n) is 9.03. The van der Waals surface area contributed by atoms with Crippen molar-refractivity contribution in [2.75, 3.05) is 11.9 Å². The summed E-state index contributed by atoms with van der Waals surface area (Å²) in [5, 5.41) is 10.5. The number of benzene rings is 1. The number of ether oxygens (including phenoxy) is 1. The van der Waals surface area contributed by atoms with Crippen molar-refractivity contribution in [1.29, 1.82) is 0 Å². The van der Waals surface area contributed by atoms with Gasteiger partial charge in [0.15, 0.2) is 5.65 Å². The van der Waals surface area contributed by atoms with E-state index >= 15 is 0 Å². The highest BCUT2D eigenvalue weighted by molar-refractivity contribution is 5.85. The van der Waals surface area contributed by atoms with Gasteiger partial charge in [-0.05, 0) is 13.3 Å². The second-order valence-electron chi connectivity index (χ2n) is 7.10. The predicted octanol–water partition coefficient (Wildman–Crippen LogP) is 3.75. The Morgan fingerprint density at radius 2 is 2.00 bits per heavy atom. The third kappa shape index (κ3) is 3.80. The van der Waals surface area contributed by atoms with Crippen LogP contribution >= 0.6 is 0 Å². The first-order chi connectivity index (χ1) is 13.4. The summed E-state index contributed by atoms with van der Waals surface area (Å²) in [6.45, 7) is 0.972. The van der Waals surface area contributed by atoms with Gasteiger partial charge in [0, 0.05) is 18.0 Å². The van der Waals surface area contributed by atoms with Crippen LogP contribution in [0.1, 0.15) is 24.0 Å². The molecule has 3 aromatic rings. The monoisotopic (exact) mass is 391 g/mol. The molecule has 3 atom stereocenters. The quantitative estimate of drug-likeness (QED) is 0.669. The van der Waals surface area contributed by atoms with Crippen LogP contribution in [0.15, 0.2) is 36.8 Å². The maximum Gasteiger partial charge on any atom is 0.296 e. The molecule has 6 nitrogen and oxygen atoms in total. The van der Waals surface area contributed by atoms with Crippen LogP contribution in [0.4, 0.5) is 19.0 Å². The number of aryl methyl sites for hydroxylation is 1. The molecule has 148 valence electrons. The zero-order valence-electron chi connectivity index (χ0n) is 15.2. The molecule has 0 radical (unpaired) electrons. The zero-order chi connectivity index (χ0) is 19.7. The Balaban J connectivity index is 1.37. The van der Waals surface area contributed by atoms with Gasteiger partial charge in [-0.3, -0.25) is 5.10 Å². The van der Waals surface area contributed by atoms with Gasteiger partial charge in [0.2, 0.25) is 0 Å². The topological polar surface area (TPSA) is 75.7 Å². The van der Waals surface area contributed by atoms with Crippen LogP contribution in [0.3, 0.4) is 0 Å². The fraction of sp³-hybridized carbons (Fsp3) is 0.421. The van der Waals surface area contributed by atoms with Gasteiger partial charge in [-0.1, -0.05) is 29.8 Å². The lowest BCUT2D eigenvalue weighted by Gasteiger charge is -2.21. The molecule has 9 heteroatoms. The number of aromatic amines is 1. The molecule has 0 aliphatic heterocycles. The summed E-state index contributed by atoms with van der Waals surface area (Å²) in [7, 11) is 0. The zero-order valence-corrected chi connectivity index (χ0v) is 15.2. The highest BCUT2D eigenvalue weighted by Crippen LogP contribution is 2.33. The number of alkyl halides is 3. The lowest BCUT2D eigenvalue weighted by Crippen LogP contribution is -2.28. The fourth-order valence-electron chi connectivity index (χ4n) is 3.40. The standard InChI is InChI=1S/C19H20F3N5O/c1-11-2-4-12(5-3-11)19(21,22)9-28-16-7-13(6-15(16)20)26-17-14-8-25-27-18(14)24-10-23-17/h2-5,8,10,13,15-16H,6-7,9H2,1H3,(H2,23,24,25,26,27)/t13?,15?,16-/m1/s1. The van der Waals surface area contributed by atoms with Crippen molar-refractivity contribution >= 4 is 16.9 Å². The van der Waals surface area contributed by atoms with Gasteiger partial charge in [0.1, 0.15) is 24.9 Å². The van der Waals surface area contributed by atoms with Crippen LogP contribution in [0.2, 0.25) is 0 Å². The van der Waals surface area contributed by atoms with E-state index in [-0.39, 0.29) is 24.4 Å². The Morgan fingerprint density at radius 3 is 2.79 bits per heavy atom. The van der Waals surface area contributed by atoms with E-state index in [2.05, 4.69) is 25.5 Å². The Bertz CT molecular complexity index is 946. The molecule has 2 heterocycles. The first-order valence-corrected chi connectivity index (χ1v) is 9.03. The van der Waals surface area contributed by atoms with Crippen molar-refractivity contribution in [2.45, 2.75) is 44.0 Å². The molecular formula is C19H20F3N5O. The van der Waals surface area contributed by atoms with E-state index in [0.717, 1.165) is 5.56 Å². The molecule has 2 N–H and O–H groups in total. The number of hydrogen-bond acceptors (Lipinski definition) is 5. The normalized spacial score (nSPS) is 22.6. The molecule has 0 spiro atoms. The van der Waals surface area contributed by atoms with Gasteiger partial charge < -0.3 is 10.1 Å². The Morgan fingerprint density at radius 1 is 1.21 bits per heavy atom. The molecule has 4 rings (SSSR count). The molecule has 1 aromatic carbocycles. The van der Waals surface area contributed by atoms with Gasteiger partial charge >= 0.3 is 0 Å². The predicted molar refractivity (Wildman–Crippen MR) is 98.0 cm³/mol. The lowest BCUT2D eigenvalue weighted by molar-refractivity contribution is -0.114. The molecule has 0 saturated heterocycles. The Hall–Kier alpha value is -2.68. The summed E-state index contributed by atoms with van der Waals surface area (Å²) in [5.74, 6) is -2.64. The molecule has 1 aliphatic rings. The van der Waals surface area contributed by atoms with E-state index in [1.54, 1.807) is 18.3 Å². The van der Waals surface area contributed by atoms with Gasteiger partial charge in [-0.25, -0.2) is 14.4 Å². The third-order valence-electron chi connectivity index (χ3n) is 4.97. The van der Waals surface area contributed by atoms with Crippen molar-refractivity contribution in [2.24, 2.45) is 0 Å². The summed E-state index contributed by atoms with van der Waals surface area (Å²) in [5.41, 5.74) is 1.33. The maximum absolute atomic E-state index is 14.4. The average Bonchev–Trinajstić information content (AvgIpc) is 3.27. The fourth-order valence-corrected chi connectivity index (χ4v) is 3.40. The summed E-state index contributed by atoms with van der Waals surface area (Å²) in [6.07, 6.45) is 1.17. The van der Waals surface area contributed by atoms with Crippen LogP contribution < -0.4 is 5.32 Å². The molecule has 0 bridgehead atoms. The molecule has 1 fully saturated rings. The minimum Gasteiger partial charge on any atom is -0.368 e. The van der Waals surface area contributed by atoms with Crippen molar-refractivity contribution in [3.8, 4) is 0 Å². The molecule has 1 saturated carbocycles. The molecule has 2 unspecified atom stereocenters. The molecular weight excluding hydrogens is 371 g/mol. The van der Waals surface area contributed by atoms with E-state index < -0.39 is 24.8 Å². The van der Waals surface area contributed by atoms with Crippen LogP contribution in [0.5, 0.6) is 0 Å². The smallest absolute Gasteiger partial charge is 0.296 e. The van der Waals surface area contributed by atoms with Crippen molar-refractivity contribution < 1.29 is 17.9 Å². The minimum atomic E-state index is -3.17. The summed E-state index contributed by atoms with van der Waals surface area (Å²) >= 11 is 0. The average molecular weight is 391 g/mol. The van der Waals surface area contributed by atoms with Gasteiger partial charge in [0.05, 0.1) is 17.7 Å². The van der Waals surface area contributed by atoms with Crippen LogP contribution in [0, 0.1) is 6.92 Å². The van der Waals surface area contributed by atoms with E-state index in [0.29, 0.717) is 16.9 Å². The number of anilines is 1. The van der Waals surface area contributed by atoms with Crippen LogP contribution in [0.25, 0.3) is 11.0 Å². The van der Waals surface area contributed by atoms with Crippen molar-refractivity contribution in [3.05, 3.63) is 47.9 Å². The number of halogens is 3. The van der Waals surface area contributed by atoms with Gasteiger partial charge in [-0.15, -0.1) is 0 Å². The molecule has 0 amide bonds. The van der Waals surface area contributed by atoms with Gasteiger partial charge in [-0.2, -0.15) is 13.9 Å². The first kappa shape index (κ1) is 18.7. The van der Waals surface area contributed by atoms with E-state index in [1.807, 2.05) is 6.92 Å². The summed E-state index contributed by atoms with van der Waals surface area (Å²) in [4.78, 5) is 8.20. The number of H-pyrrole nitrogens is 1. The SMILES string of the molecule is Cc1ccc(C(F)(F)CO[C@@H]2CC(Nc3ncnc4[nH]ncc34)CC2F)cc1. The Kier molecular flexibility index (Phi) is 4.92. The molecule has 28 heavy (non-hydrogen) atoms. The summed E-state index contributed by atoms with van der Waals surface area (Å²) < 4.78 is 48.4. The van der Waals surface area contributed by atoms with Crippen LogP contribution in [-0.2, 0) is 10.7 Å². The number of nitrogens with one attached hydrogen (secondary N) is 2. The Labute approximate surface area is 159 Å². The van der Waals surface area contributed by atoms with E-state index in [9.17, 15) is 13.2 Å². The highest BCUT2D eigenvalue weighted by Gasteiger charge is 2.39. The second-order valence-corrected chi connectivity index (χ2v) is 7.10. The lowest BCUT2D eigenvalue weighted by atomic mass is 10.1. The summed E-state index contributed by atoms with van der Waals surface area (Å²) in [6, 6.07) is 5.71. The van der Waals surface area contributed by atoms with Crippen molar-refractivity contribution in [1.82, 2.24) is 20.2 Å². The number of rotatable bonds is 6. The largest absolute Gasteiger partial charge is 0.368 e. The van der Waals surface area contributed by atoms with Crippen LogP contribution in [-0.4, -0.2) is 45.1 Å². The number of aromatic nitrogens is 4. The number of hydrogen-bond donors (Lipinski definition) is 2. The second kappa shape index (κ2) is 7.38. The van der Waals surface area contributed by atoms with E-state index in [1.165, 1.54) is 18.5 Å². The van der Waals surface area contributed by atoms with Gasteiger partial charge in [0.25, 0.3) is 5.92 Å². The number of fused-ring (bicyclic) bond motifs is 1. The van der Waals surface area contributed by atoms with E-state index in [4.69, 9.17) is 4.74 Å². The highest BCUT2D eigenvalue weighted by atomic mass is 19.3. The minimum absolute atomic E-state index is 0.135. The third-order valence-corrected chi connectivity index (χ3v) is 4.97. The maximum atomic E-state index is 14.4. The van der Waals surface area contributed by atoms with Crippen molar-refractivity contribution in [3.63, 3.8) is 0 Å². The number of nitrogens with zero attached hydrogens (tertiary/aromatic N) is 3. The molecule has 2 aromatic heterocycles. The molecule has 1 aliphatic carbocycles.